The predicted octanol–water partition coefficient (Wildman–Crippen LogP) is -2.21. The molecule has 0 radical (unpaired) electrons. The van der Waals surface area contributed by atoms with Gasteiger partial charge in [-0.2, -0.15) is 0 Å². The summed E-state index contributed by atoms with van der Waals surface area (Å²) in [6.45, 7) is 0. The Hall–Kier alpha value is -0.850. The maximum absolute atomic E-state index is 10.5. The number of carbonyl (C=O) groups excluding carboxylic acids is 2. The maximum Gasteiger partial charge on any atom is 0.272 e. The molecule has 0 aromatic carbocycles. The van der Waals surface area contributed by atoms with Crippen LogP contribution in [0.4, 0.5) is 0 Å². The van der Waals surface area contributed by atoms with Crippen LogP contribution in [0.3, 0.4) is 0 Å². The van der Waals surface area contributed by atoms with Crippen LogP contribution in [0.1, 0.15) is 0 Å². The van der Waals surface area contributed by atoms with E-state index in [-0.39, 0.29) is 0 Å². The molecule has 10 heavy (non-hydrogen) atoms. The molecule has 0 aromatic rings. The van der Waals surface area contributed by atoms with Gasteiger partial charge in [0.1, 0.15) is 0 Å². The quantitative estimate of drug-likeness (QED) is 0.125. The van der Waals surface area contributed by atoms with Crippen molar-refractivity contribution in [1.82, 2.24) is 16.3 Å². The Morgan fingerprint density at radius 1 is 1.70 bits per heavy atom. The molecule has 1 atom stereocenters. The van der Waals surface area contributed by atoms with Crippen LogP contribution in [0.5, 0.6) is 0 Å². The fourth-order valence-corrected chi connectivity index (χ4v) is 0.294. The number of nitrogens with one attached hydrogen (secondary N) is 3. The highest BCUT2D eigenvalue weighted by Crippen LogP contribution is 1.84. The molecule has 2 amide bonds. The molecular formula is C3H7ClN4O2. The molecule has 0 aliphatic carbocycles. The zero-order valence-corrected chi connectivity index (χ0v) is 5.68. The Bertz CT molecular complexity index is 130. The fraction of sp³-hybridized carbons (Fsp3) is 0.333. The number of hydrazine groups is 2. The molecule has 58 valence electrons. The average Bonchev–Trinajstić information content (AvgIpc) is 1.98. The Labute approximate surface area is 62.0 Å². The third-order valence-electron chi connectivity index (χ3n) is 0.631. The van der Waals surface area contributed by atoms with Crippen molar-refractivity contribution in [1.29, 1.82) is 0 Å². The molecule has 6 nitrogen and oxygen atoms in total. The monoisotopic (exact) mass is 166 g/mol. The van der Waals surface area contributed by atoms with Crippen LogP contribution < -0.4 is 22.1 Å². The SMILES string of the molecule is NNC(Cl)C(=O)NNC=O. The lowest BCUT2D eigenvalue weighted by Crippen LogP contribution is -2.48. The minimum absolute atomic E-state index is 0.304. The summed E-state index contributed by atoms with van der Waals surface area (Å²) in [5.41, 5.74) is 4.78. The number of carbonyl (C=O) groups is 2. The van der Waals surface area contributed by atoms with Crippen molar-refractivity contribution >= 4 is 23.9 Å². The minimum atomic E-state index is -1.05. The van der Waals surface area contributed by atoms with Gasteiger partial charge in [0, 0.05) is 0 Å². The van der Waals surface area contributed by atoms with Crippen molar-refractivity contribution in [2.24, 2.45) is 5.84 Å². The van der Waals surface area contributed by atoms with Gasteiger partial charge < -0.3 is 0 Å². The van der Waals surface area contributed by atoms with Gasteiger partial charge in [-0.25, -0.2) is 5.43 Å². The molecule has 0 bridgehead atoms. The van der Waals surface area contributed by atoms with Crippen LogP contribution in [0, 0.1) is 0 Å². The zero-order chi connectivity index (χ0) is 7.98. The molecule has 0 fully saturated rings. The van der Waals surface area contributed by atoms with Crippen LogP contribution in [0.25, 0.3) is 0 Å². The van der Waals surface area contributed by atoms with E-state index in [0.29, 0.717) is 6.41 Å². The van der Waals surface area contributed by atoms with Crippen LogP contribution in [0.2, 0.25) is 0 Å². The maximum atomic E-state index is 10.5. The summed E-state index contributed by atoms with van der Waals surface area (Å²) >= 11 is 5.25. The van der Waals surface area contributed by atoms with Crippen molar-refractivity contribution in [3.05, 3.63) is 0 Å². The lowest BCUT2D eigenvalue weighted by molar-refractivity contribution is -0.124. The third-order valence-corrected chi connectivity index (χ3v) is 0.955. The summed E-state index contributed by atoms with van der Waals surface area (Å²) in [6.07, 6.45) is 0.304. The average molecular weight is 167 g/mol. The molecule has 0 rings (SSSR count). The van der Waals surface area contributed by atoms with E-state index in [1.165, 1.54) is 0 Å². The summed E-state index contributed by atoms with van der Waals surface area (Å²) in [4.78, 5) is 20.1. The van der Waals surface area contributed by atoms with E-state index >= 15 is 0 Å². The smallest absolute Gasteiger partial charge is 0.272 e. The van der Waals surface area contributed by atoms with Gasteiger partial charge >= 0.3 is 0 Å². The van der Waals surface area contributed by atoms with Crippen LogP contribution >= 0.6 is 11.6 Å². The van der Waals surface area contributed by atoms with E-state index in [2.05, 4.69) is 0 Å². The second-order valence-electron chi connectivity index (χ2n) is 1.28. The molecule has 0 saturated carbocycles. The van der Waals surface area contributed by atoms with Crippen molar-refractivity contribution in [2.45, 2.75) is 5.50 Å². The molecular weight excluding hydrogens is 160 g/mol. The number of hydrogen-bond acceptors (Lipinski definition) is 4. The molecule has 5 N–H and O–H groups in total. The fourth-order valence-electron chi connectivity index (χ4n) is 0.240. The molecule has 1 unspecified atom stereocenters. The van der Waals surface area contributed by atoms with Crippen LogP contribution in [-0.4, -0.2) is 17.8 Å². The second-order valence-corrected chi connectivity index (χ2v) is 1.72. The molecule has 0 spiro atoms. The van der Waals surface area contributed by atoms with E-state index in [9.17, 15) is 9.59 Å². The molecule has 0 aliphatic heterocycles. The first-order valence-electron chi connectivity index (χ1n) is 2.31. The van der Waals surface area contributed by atoms with E-state index < -0.39 is 11.4 Å². The molecule has 0 saturated heterocycles. The summed E-state index contributed by atoms with van der Waals surface area (Å²) in [5, 5.41) is 0. The highest BCUT2D eigenvalue weighted by Gasteiger charge is 2.10. The zero-order valence-electron chi connectivity index (χ0n) is 4.93. The Kier molecular flexibility index (Phi) is 4.55. The van der Waals surface area contributed by atoms with Gasteiger partial charge in [-0.1, -0.05) is 11.6 Å². The van der Waals surface area contributed by atoms with Crippen LogP contribution in [-0.2, 0) is 9.59 Å². The first-order valence-corrected chi connectivity index (χ1v) is 2.75. The predicted molar refractivity (Wildman–Crippen MR) is 34.3 cm³/mol. The van der Waals surface area contributed by atoms with Gasteiger partial charge in [0.05, 0.1) is 0 Å². The van der Waals surface area contributed by atoms with Gasteiger partial charge in [-0.15, -0.1) is 0 Å². The van der Waals surface area contributed by atoms with Gasteiger partial charge in [-0.05, 0) is 0 Å². The first kappa shape index (κ1) is 9.15. The molecule has 7 heteroatoms. The summed E-state index contributed by atoms with van der Waals surface area (Å²) in [6, 6.07) is 0. The minimum Gasteiger partial charge on any atom is -0.277 e. The number of hydrogen-bond donors (Lipinski definition) is 4. The van der Waals surface area contributed by atoms with Crippen molar-refractivity contribution < 1.29 is 9.59 Å². The topological polar surface area (TPSA) is 96.2 Å². The number of alkyl halides is 1. The van der Waals surface area contributed by atoms with Crippen LogP contribution in [0.15, 0.2) is 0 Å². The van der Waals surface area contributed by atoms with E-state index in [0.717, 1.165) is 0 Å². The number of nitrogens with two attached hydrogens (primary N) is 1. The normalized spacial score (nSPS) is 11.8. The summed E-state index contributed by atoms with van der Waals surface area (Å²) < 4.78 is 0. The number of rotatable bonds is 4. The van der Waals surface area contributed by atoms with Gasteiger partial charge in [0.25, 0.3) is 5.91 Å². The second kappa shape index (κ2) is 4.98. The van der Waals surface area contributed by atoms with Crippen molar-refractivity contribution in [3.63, 3.8) is 0 Å². The lowest BCUT2D eigenvalue weighted by atomic mass is 10.6. The third kappa shape index (κ3) is 3.23. The molecule has 0 aliphatic rings. The van der Waals surface area contributed by atoms with Crippen molar-refractivity contribution in [3.8, 4) is 0 Å². The molecule has 0 heterocycles. The van der Waals surface area contributed by atoms with E-state index in [4.69, 9.17) is 17.4 Å². The summed E-state index contributed by atoms with van der Waals surface area (Å²) in [5.74, 6) is 4.16. The standard InChI is InChI=1S/C3H7ClN4O2/c4-2(7-5)3(10)8-6-1-9/h1-2,7H,5H2,(H,6,9)(H,8,10). The lowest BCUT2D eigenvalue weighted by Gasteiger charge is -2.06. The van der Waals surface area contributed by atoms with Gasteiger partial charge in [0.15, 0.2) is 5.50 Å². The largest absolute Gasteiger partial charge is 0.277 e. The van der Waals surface area contributed by atoms with Crippen molar-refractivity contribution in [2.75, 3.05) is 0 Å². The summed E-state index contributed by atoms with van der Waals surface area (Å²) in [7, 11) is 0. The van der Waals surface area contributed by atoms with E-state index in [1.807, 2.05) is 16.3 Å². The number of halogens is 1. The Morgan fingerprint density at radius 2 is 2.30 bits per heavy atom. The van der Waals surface area contributed by atoms with Gasteiger partial charge in [0.2, 0.25) is 6.41 Å². The molecule has 0 aromatic heterocycles. The van der Waals surface area contributed by atoms with E-state index in [1.54, 1.807) is 0 Å². The highest BCUT2D eigenvalue weighted by molar-refractivity contribution is 6.30. The Balaban J connectivity index is 3.51. The Morgan fingerprint density at radius 3 is 2.70 bits per heavy atom. The number of amides is 2. The first-order chi connectivity index (χ1) is 4.72. The highest BCUT2D eigenvalue weighted by atomic mass is 35.5. The van der Waals surface area contributed by atoms with Gasteiger partial charge in [-0.3, -0.25) is 26.3 Å².